The first-order valence-electron chi connectivity index (χ1n) is 9.08. The quantitative estimate of drug-likeness (QED) is 0.307. The molecule has 8 nitrogen and oxygen atoms in total. The van der Waals surface area contributed by atoms with Crippen molar-refractivity contribution in [2.24, 2.45) is 5.10 Å². The molecule has 0 aliphatic carbocycles. The Morgan fingerprint density at radius 2 is 2.00 bits per heavy atom. The van der Waals surface area contributed by atoms with Gasteiger partial charge in [0.05, 0.1) is 22.8 Å². The molecule has 0 aliphatic heterocycles. The predicted octanol–water partition coefficient (Wildman–Crippen LogP) is 5.06. The molecule has 3 aromatic rings. The molecule has 1 N–H and O–H groups in total. The van der Waals surface area contributed by atoms with Gasteiger partial charge in [-0.15, -0.1) is 0 Å². The Morgan fingerprint density at radius 3 is 2.70 bits per heavy atom. The second-order valence-electron chi connectivity index (χ2n) is 6.20. The first-order valence-corrected chi connectivity index (χ1v) is 9.46. The molecule has 0 atom stereocenters. The fraction of sp³-hybridized carbons (Fsp3) is 0.143. The van der Waals surface area contributed by atoms with Gasteiger partial charge in [0.15, 0.2) is 0 Å². The van der Waals surface area contributed by atoms with E-state index in [9.17, 15) is 14.9 Å². The van der Waals surface area contributed by atoms with Gasteiger partial charge in [-0.3, -0.25) is 14.9 Å². The first kappa shape index (κ1) is 21.1. The molecule has 0 aliphatic rings. The molecule has 3 rings (SSSR count). The molecule has 0 saturated carbocycles. The smallest absolute Gasteiger partial charge is 0.271 e. The number of nitrogens with zero attached hydrogens (tertiary/aromatic N) is 2. The fourth-order valence-corrected chi connectivity index (χ4v) is 2.73. The molecule has 1 aromatic heterocycles. The highest BCUT2D eigenvalue weighted by molar-refractivity contribution is 6.33. The normalized spacial score (nSPS) is 10.9. The average molecular weight is 428 g/mol. The third kappa shape index (κ3) is 5.24. The van der Waals surface area contributed by atoms with Crippen molar-refractivity contribution >= 4 is 29.4 Å². The summed E-state index contributed by atoms with van der Waals surface area (Å²) in [6.45, 7) is 2.63. The highest BCUT2D eigenvalue weighted by Crippen LogP contribution is 2.32. The largest absolute Gasteiger partial charge is 0.494 e. The van der Waals surface area contributed by atoms with Gasteiger partial charge in [-0.05, 0) is 48.9 Å². The molecule has 0 fully saturated rings. The first-order chi connectivity index (χ1) is 14.5. The van der Waals surface area contributed by atoms with Gasteiger partial charge in [0.25, 0.3) is 11.6 Å². The number of amides is 1. The molecular weight excluding hydrogens is 410 g/mol. The summed E-state index contributed by atoms with van der Waals surface area (Å²) in [7, 11) is 0. The number of ether oxygens (including phenoxy) is 1. The number of nitrogens with one attached hydrogen (secondary N) is 1. The van der Waals surface area contributed by atoms with Gasteiger partial charge in [-0.2, -0.15) is 5.10 Å². The van der Waals surface area contributed by atoms with Crippen LogP contribution < -0.4 is 10.2 Å². The second kappa shape index (κ2) is 9.71. The Hall–Kier alpha value is -3.65. The van der Waals surface area contributed by atoms with Crippen LogP contribution in [0, 0.1) is 10.1 Å². The summed E-state index contributed by atoms with van der Waals surface area (Å²) in [4.78, 5) is 22.6. The number of furan rings is 1. The maximum Gasteiger partial charge on any atom is 0.271 e. The van der Waals surface area contributed by atoms with E-state index in [1.54, 1.807) is 36.4 Å². The predicted molar refractivity (Wildman–Crippen MR) is 113 cm³/mol. The van der Waals surface area contributed by atoms with Gasteiger partial charge in [-0.25, -0.2) is 5.43 Å². The number of rotatable bonds is 8. The Kier molecular flexibility index (Phi) is 6.82. The summed E-state index contributed by atoms with van der Waals surface area (Å²) in [5, 5.41) is 15.1. The highest BCUT2D eigenvalue weighted by Gasteiger charge is 2.14. The molecule has 2 aromatic carbocycles. The fourth-order valence-electron chi connectivity index (χ4n) is 2.52. The van der Waals surface area contributed by atoms with Crippen LogP contribution in [0.1, 0.15) is 29.5 Å². The lowest BCUT2D eigenvalue weighted by Crippen LogP contribution is -2.17. The van der Waals surface area contributed by atoms with E-state index in [2.05, 4.69) is 10.5 Å². The zero-order chi connectivity index (χ0) is 21.5. The summed E-state index contributed by atoms with van der Waals surface area (Å²) < 4.78 is 11.1. The maximum atomic E-state index is 12.2. The Balaban J connectivity index is 1.64. The van der Waals surface area contributed by atoms with Crippen LogP contribution in [-0.4, -0.2) is 23.7 Å². The summed E-state index contributed by atoms with van der Waals surface area (Å²) in [6.07, 6.45) is 2.23. The molecule has 30 heavy (non-hydrogen) atoms. The van der Waals surface area contributed by atoms with Gasteiger partial charge in [0, 0.05) is 23.3 Å². The van der Waals surface area contributed by atoms with Crippen molar-refractivity contribution in [1.29, 1.82) is 0 Å². The molecular formula is C21H18ClN3O5. The molecule has 0 radical (unpaired) electrons. The zero-order valence-corrected chi connectivity index (χ0v) is 16.8. The van der Waals surface area contributed by atoms with E-state index in [1.807, 2.05) is 6.92 Å². The summed E-state index contributed by atoms with van der Waals surface area (Å²) >= 11 is 6.12. The van der Waals surface area contributed by atoms with Crippen LogP contribution >= 0.6 is 11.6 Å². The van der Waals surface area contributed by atoms with E-state index in [1.165, 1.54) is 24.4 Å². The SMILES string of the molecule is CCCOc1ccc(C(=O)N/N=C\c2ccc(-c3cc([N+](=O)[O-])ccc3Cl)o2)cc1. The molecule has 0 saturated heterocycles. The van der Waals surface area contributed by atoms with Crippen molar-refractivity contribution in [3.8, 4) is 17.1 Å². The van der Waals surface area contributed by atoms with Gasteiger partial charge in [0.1, 0.15) is 17.3 Å². The summed E-state index contributed by atoms with van der Waals surface area (Å²) in [5.41, 5.74) is 3.13. The van der Waals surface area contributed by atoms with Crippen molar-refractivity contribution in [3.05, 3.63) is 81.1 Å². The van der Waals surface area contributed by atoms with Crippen molar-refractivity contribution in [2.75, 3.05) is 6.61 Å². The van der Waals surface area contributed by atoms with E-state index >= 15 is 0 Å². The second-order valence-corrected chi connectivity index (χ2v) is 6.60. The molecule has 0 bridgehead atoms. The number of carbonyl (C=O) groups excluding carboxylic acids is 1. The number of hydrogen-bond donors (Lipinski definition) is 1. The Morgan fingerprint density at radius 1 is 1.23 bits per heavy atom. The lowest BCUT2D eigenvalue weighted by molar-refractivity contribution is -0.384. The molecule has 1 amide bonds. The van der Waals surface area contributed by atoms with Crippen LogP contribution in [0.4, 0.5) is 5.69 Å². The number of nitro groups is 1. The minimum absolute atomic E-state index is 0.0978. The third-order valence-electron chi connectivity index (χ3n) is 4.00. The van der Waals surface area contributed by atoms with Crippen molar-refractivity contribution in [1.82, 2.24) is 5.43 Å². The number of non-ortho nitro benzene ring substituents is 1. The standard InChI is InChI=1S/C21H18ClN3O5/c1-2-11-29-16-6-3-14(4-7-16)21(26)24-23-13-17-8-10-20(30-17)18-12-15(25(27)28)5-9-19(18)22/h3-10,12-13H,2,11H2,1H3,(H,24,26)/b23-13-. The number of hydrazone groups is 1. The number of hydrogen-bond acceptors (Lipinski definition) is 6. The number of carbonyl (C=O) groups is 1. The summed E-state index contributed by atoms with van der Waals surface area (Å²) in [5.74, 6) is 0.997. The van der Waals surface area contributed by atoms with Crippen LogP contribution in [-0.2, 0) is 0 Å². The maximum absolute atomic E-state index is 12.2. The van der Waals surface area contributed by atoms with E-state index in [-0.39, 0.29) is 11.6 Å². The third-order valence-corrected chi connectivity index (χ3v) is 4.33. The summed E-state index contributed by atoms with van der Waals surface area (Å²) in [6, 6.07) is 14.0. The van der Waals surface area contributed by atoms with Gasteiger partial charge in [-0.1, -0.05) is 18.5 Å². The number of benzene rings is 2. The topological polar surface area (TPSA) is 107 Å². The number of nitro benzene ring substituents is 1. The van der Waals surface area contributed by atoms with Gasteiger partial charge < -0.3 is 9.15 Å². The lowest BCUT2D eigenvalue weighted by Gasteiger charge is -2.05. The Bertz CT molecular complexity index is 1080. The minimum atomic E-state index is -0.511. The van der Waals surface area contributed by atoms with E-state index in [0.29, 0.717) is 40.0 Å². The van der Waals surface area contributed by atoms with Crippen molar-refractivity contribution in [3.63, 3.8) is 0 Å². The molecule has 0 spiro atoms. The van der Waals surface area contributed by atoms with Crippen molar-refractivity contribution < 1.29 is 18.9 Å². The van der Waals surface area contributed by atoms with E-state index in [0.717, 1.165) is 6.42 Å². The molecule has 9 heteroatoms. The monoisotopic (exact) mass is 427 g/mol. The van der Waals surface area contributed by atoms with Crippen LogP contribution in [0.15, 0.2) is 64.1 Å². The number of halogens is 1. The van der Waals surface area contributed by atoms with Crippen LogP contribution in [0.2, 0.25) is 5.02 Å². The van der Waals surface area contributed by atoms with E-state index < -0.39 is 4.92 Å². The van der Waals surface area contributed by atoms with Crippen LogP contribution in [0.5, 0.6) is 5.75 Å². The molecule has 154 valence electrons. The van der Waals surface area contributed by atoms with Crippen LogP contribution in [0.3, 0.4) is 0 Å². The van der Waals surface area contributed by atoms with Gasteiger partial charge >= 0.3 is 0 Å². The highest BCUT2D eigenvalue weighted by atomic mass is 35.5. The minimum Gasteiger partial charge on any atom is -0.494 e. The van der Waals surface area contributed by atoms with Crippen LogP contribution in [0.25, 0.3) is 11.3 Å². The molecule has 1 heterocycles. The van der Waals surface area contributed by atoms with E-state index in [4.69, 9.17) is 20.8 Å². The lowest BCUT2D eigenvalue weighted by atomic mass is 10.1. The average Bonchev–Trinajstić information content (AvgIpc) is 3.21. The van der Waals surface area contributed by atoms with Gasteiger partial charge in [0.2, 0.25) is 0 Å². The van der Waals surface area contributed by atoms with Crippen molar-refractivity contribution in [2.45, 2.75) is 13.3 Å². The zero-order valence-electron chi connectivity index (χ0n) is 16.0. The molecule has 0 unspecified atom stereocenters. The Labute approximate surface area is 177 Å².